The standard InChI is InChI=1S/C10H8F4N2O3/c11-9(12)10(13,14)4-16-7(17)6-3-5(8(18)19)1-2-15-6/h1-3,9H,4H2,(H,16,17)(H,18,19). The molecular weight excluding hydrogens is 272 g/mol. The maximum atomic E-state index is 12.6. The largest absolute Gasteiger partial charge is 0.478 e. The summed E-state index contributed by atoms with van der Waals surface area (Å²) in [6.07, 6.45) is -2.92. The van der Waals surface area contributed by atoms with E-state index in [1.54, 1.807) is 5.32 Å². The van der Waals surface area contributed by atoms with E-state index >= 15 is 0 Å². The van der Waals surface area contributed by atoms with Crippen molar-refractivity contribution in [2.75, 3.05) is 6.54 Å². The lowest BCUT2D eigenvalue weighted by Gasteiger charge is -2.15. The van der Waals surface area contributed by atoms with Crippen molar-refractivity contribution >= 4 is 11.9 Å². The Bertz CT molecular complexity index is 493. The first kappa shape index (κ1) is 14.9. The molecule has 0 spiro atoms. The summed E-state index contributed by atoms with van der Waals surface area (Å²) in [6.45, 7) is -1.57. The van der Waals surface area contributed by atoms with E-state index in [9.17, 15) is 27.2 Å². The fourth-order valence-electron chi connectivity index (χ4n) is 1.05. The van der Waals surface area contributed by atoms with Crippen LogP contribution in [0.5, 0.6) is 0 Å². The van der Waals surface area contributed by atoms with Crippen LogP contribution >= 0.6 is 0 Å². The average molecular weight is 280 g/mol. The molecule has 0 aliphatic heterocycles. The van der Waals surface area contributed by atoms with Gasteiger partial charge in [-0.3, -0.25) is 9.78 Å². The third-order valence-electron chi connectivity index (χ3n) is 2.04. The predicted molar refractivity (Wildman–Crippen MR) is 54.5 cm³/mol. The molecule has 0 aliphatic rings. The SMILES string of the molecule is O=C(O)c1ccnc(C(=O)NCC(F)(F)C(F)F)c1. The molecule has 1 rings (SSSR count). The lowest BCUT2D eigenvalue weighted by Crippen LogP contribution is -2.41. The molecule has 0 aromatic carbocycles. The summed E-state index contributed by atoms with van der Waals surface area (Å²) in [6, 6.07) is 1.94. The van der Waals surface area contributed by atoms with Gasteiger partial charge in [-0.2, -0.15) is 8.78 Å². The Morgan fingerprint density at radius 1 is 1.42 bits per heavy atom. The molecule has 1 aromatic rings. The number of carbonyl (C=O) groups is 2. The van der Waals surface area contributed by atoms with Gasteiger partial charge in [0.25, 0.3) is 5.91 Å². The number of pyridine rings is 1. The van der Waals surface area contributed by atoms with Gasteiger partial charge in [0, 0.05) is 6.20 Å². The number of carboxylic acid groups (broad SMARTS) is 1. The number of nitrogens with one attached hydrogen (secondary N) is 1. The summed E-state index contributed by atoms with van der Waals surface area (Å²) in [4.78, 5) is 25.4. The number of aromatic nitrogens is 1. The zero-order chi connectivity index (χ0) is 14.6. The van der Waals surface area contributed by atoms with Gasteiger partial charge in [0.1, 0.15) is 5.69 Å². The van der Waals surface area contributed by atoms with E-state index in [-0.39, 0.29) is 5.56 Å². The zero-order valence-corrected chi connectivity index (χ0v) is 9.24. The number of hydrogen-bond acceptors (Lipinski definition) is 3. The molecule has 0 fully saturated rings. The summed E-state index contributed by atoms with van der Waals surface area (Å²) in [5.41, 5.74) is -0.731. The fourth-order valence-corrected chi connectivity index (χ4v) is 1.05. The van der Waals surface area contributed by atoms with Crippen LogP contribution in [0, 0.1) is 0 Å². The second kappa shape index (κ2) is 5.63. The summed E-state index contributed by atoms with van der Waals surface area (Å²) in [5.74, 6) is -6.86. The minimum Gasteiger partial charge on any atom is -0.478 e. The van der Waals surface area contributed by atoms with Crippen LogP contribution in [0.15, 0.2) is 18.3 Å². The number of alkyl halides is 4. The normalized spacial score (nSPS) is 11.4. The van der Waals surface area contributed by atoms with E-state index < -0.39 is 36.5 Å². The molecule has 19 heavy (non-hydrogen) atoms. The highest BCUT2D eigenvalue weighted by Gasteiger charge is 2.40. The van der Waals surface area contributed by atoms with E-state index in [4.69, 9.17) is 5.11 Å². The van der Waals surface area contributed by atoms with Gasteiger partial charge in [-0.25, -0.2) is 13.6 Å². The molecule has 2 N–H and O–H groups in total. The Balaban J connectivity index is 2.74. The molecule has 0 bridgehead atoms. The summed E-state index contributed by atoms with van der Waals surface area (Å²) in [7, 11) is 0. The molecule has 1 aromatic heterocycles. The fraction of sp³-hybridized carbons (Fsp3) is 0.300. The Kier molecular flexibility index (Phi) is 4.41. The van der Waals surface area contributed by atoms with Crippen molar-refractivity contribution in [2.45, 2.75) is 12.3 Å². The highest BCUT2D eigenvalue weighted by molar-refractivity contribution is 5.95. The highest BCUT2D eigenvalue weighted by atomic mass is 19.3. The van der Waals surface area contributed by atoms with Crippen LogP contribution in [-0.2, 0) is 0 Å². The number of carbonyl (C=O) groups excluding carboxylic acids is 1. The van der Waals surface area contributed by atoms with E-state index in [0.717, 1.165) is 18.3 Å². The third-order valence-corrected chi connectivity index (χ3v) is 2.04. The van der Waals surface area contributed by atoms with Crippen LogP contribution in [-0.4, -0.2) is 40.9 Å². The maximum Gasteiger partial charge on any atom is 0.335 e. The maximum absolute atomic E-state index is 12.6. The van der Waals surface area contributed by atoms with E-state index in [2.05, 4.69) is 4.98 Å². The molecule has 9 heteroatoms. The molecule has 0 unspecified atom stereocenters. The number of halogens is 4. The zero-order valence-electron chi connectivity index (χ0n) is 9.24. The van der Waals surface area contributed by atoms with Gasteiger partial charge in [-0.1, -0.05) is 0 Å². The number of rotatable bonds is 5. The lowest BCUT2D eigenvalue weighted by atomic mass is 10.2. The molecule has 0 radical (unpaired) electrons. The van der Waals surface area contributed by atoms with Gasteiger partial charge in [-0.05, 0) is 12.1 Å². The Morgan fingerprint density at radius 2 is 2.05 bits per heavy atom. The molecule has 5 nitrogen and oxygen atoms in total. The molecule has 0 aliphatic carbocycles. The van der Waals surface area contributed by atoms with E-state index in [1.165, 1.54) is 0 Å². The van der Waals surface area contributed by atoms with E-state index in [1.807, 2.05) is 0 Å². The summed E-state index contributed by atoms with van der Waals surface area (Å²) < 4.78 is 48.8. The van der Waals surface area contributed by atoms with Gasteiger partial charge in [0.15, 0.2) is 0 Å². The van der Waals surface area contributed by atoms with Crippen LogP contribution in [0.4, 0.5) is 17.6 Å². The molecular formula is C10H8F4N2O3. The average Bonchev–Trinajstić information content (AvgIpc) is 2.36. The Morgan fingerprint density at radius 3 is 2.58 bits per heavy atom. The molecule has 104 valence electrons. The van der Waals surface area contributed by atoms with Crippen LogP contribution in [0.25, 0.3) is 0 Å². The first-order valence-corrected chi connectivity index (χ1v) is 4.87. The molecule has 0 saturated carbocycles. The second-order valence-corrected chi connectivity index (χ2v) is 3.48. The van der Waals surface area contributed by atoms with Crippen molar-refractivity contribution in [1.82, 2.24) is 10.3 Å². The quantitative estimate of drug-likeness (QED) is 0.799. The van der Waals surface area contributed by atoms with Gasteiger partial charge < -0.3 is 10.4 Å². The van der Waals surface area contributed by atoms with Crippen molar-refractivity contribution in [1.29, 1.82) is 0 Å². The van der Waals surface area contributed by atoms with Crippen LogP contribution < -0.4 is 5.32 Å². The monoisotopic (exact) mass is 280 g/mol. The highest BCUT2D eigenvalue weighted by Crippen LogP contribution is 2.21. The van der Waals surface area contributed by atoms with Crippen molar-refractivity contribution in [3.05, 3.63) is 29.6 Å². The topological polar surface area (TPSA) is 79.3 Å². The number of nitrogens with zero attached hydrogens (tertiary/aromatic N) is 1. The Hall–Kier alpha value is -2.19. The number of carboxylic acids is 1. The lowest BCUT2D eigenvalue weighted by molar-refractivity contribution is -0.123. The number of amides is 1. The molecule has 0 atom stereocenters. The summed E-state index contributed by atoms with van der Waals surface area (Å²) >= 11 is 0. The van der Waals surface area contributed by atoms with Gasteiger partial charge in [0.2, 0.25) is 0 Å². The van der Waals surface area contributed by atoms with Crippen LogP contribution in [0.1, 0.15) is 20.8 Å². The molecule has 0 saturated heterocycles. The molecule has 1 heterocycles. The second-order valence-electron chi connectivity index (χ2n) is 3.48. The first-order valence-electron chi connectivity index (χ1n) is 4.87. The smallest absolute Gasteiger partial charge is 0.335 e. The van der Waals surface area contributed by atoms with E-state index in [0.29, 0.717) is 0 Å². The van der Waals surface area contributed by atoms with Crippen molar-refractivity contribution in [3.63, 3.8) is 0 Å². The summed E-state index contributed by atoms with van der Waals surface area (Å²) in [5, 5.41) is 10.2. The van der Waals surface area contributed by atoms with Gasteiger partial charge >= 0.3 is 18.3 Å². The minimum absolute atomic E-state index is 0.277. The number of hydrogen-bond donors (Lipinski definition) is 2. The minimum atomic E-state index is -4.36. The van der Waals surface area contributed by atoms with Gasteiger partial charge in [-0.15, -0.1) is 0 Å². The van der Waals surface area contributed by atoms with Crippen LogP contribution in [0.2, 0.25) is 0 Å². The van der Waals surface area contributed by atoms with Gasteiger partial charge in [0.05, 0.1) is 12.1 Å². The third kappa shape index (κ3) is 3.90. The predicted octanol–water partition coefficient (Wildman–Crippen LogP) is 1.41. The molecule has 1 amide bonds. The van der Waals surface area contributed by atoms with Crippen molar-refractivity contribution < 1.29 is 32.3 Å². The van der Waals surface area contributed by atoms with Crippen LogP contribution in [0.3, 0.4) is 0 Å². The van der Waals surface area contributed by atoms with Crippen molar-refractivity contribution in [2.24, 2.45) is 0 Å². The Labute approximate surface area is 104 Å². The van der Waals surface area contributed by atoms with Crippen molar-refractivity contribution in [3.8, 4) is 0 Å². The number of aromatic carboxylic acids is 1. The first-order chi connectivity index (χ1) is 8.74.